The number of thiazole rings is 1. The standard InChI is InChI=1S/C13H21N3O3S/c1-10(18-3)12(17)16(13-14-4-7-20-13)9-11-8-15(2)5-6-19-11/h4,7,10-11H,5-6,8-9H2,1-3H3. The lowest BCUT2D eigenvalue weighted by Crippen LogP contribution is -2.49. The normalized spacial score (nSPS) is 21.6. The number of aromatic nitrogens is 1. The van der Waals surface area contributed by atoms with Gasteiger partial charge in [0.15, 0.2) is 5.13 Å². The Morgan fingerprint density at radius 1 is 1.75 bits per heavy atom. The Labute approximate surface area is 123 Å². The number of carbonyl (C=O) groups excluding carboxylic acids is 1. The van der Waals surface area contributed by atoms with Crippen LogP contribution in [0.25, 0.3) is 0 Å². The van der Waals surface area contributed by atoms with Crippen LogP contribution < -0.4 is 4.90 Å². The third kappa shape index (κ3) is 3.76. The van der Waals surface area contributed by atoms with Gasteiger partial charge in [-0.3, -0.25) is 9.69 Å². The maximum Gasteiger partial charge on any atom is 0.257 e. The average molecular weight is 299 g/mol. The van der Waals surface area contributed by atoms with Crippen LogP contribution in [0.5, 0.6) is 0 Å². The summed E-state index contributed by atoms with van der Waals surface area (Å²) in [6.45, 7) is 4.69. The summed E-state index contributed by atoms with van der Waals surface area (Å²) in [4.78, 5) is 20.5. The van der Waals surface area contributed by atoms with Crippen LogP contribution in [-0.2, 0) is 14.3 Å². The average Bonchev–Trinajstić information content (AvgIpc) is 2.97. The van der Waals surface area contributed by atoms with Crippen molar-refractivity contribution in [2.75, 3.05) is 45.3 Å². The van der Waals surface area contributed by atoms with Crippen LogP contribution in [0.1, 0.15) is 6.92 Å². The summed E-state index contributed by atoms with van der Waals surface area (Å²) in [5.41, 5.74) is 0. The molecule has 1 aromatic rings. The quantitative estimate of drug-likeness (QED) is 0.806. The molecule has 2 unspecified atom stereocenters. The Kier molecular flexibility index (Phi) is 5.47. The smallest absolute Gasteiger partial charge is 0.257 e. The predicted molar refractivity (Wildman–Crippen MR) is 78.2 cm³/mol. The van der Waals surface area contributed by atoms with Crippen LogP contribution in [0.3, 0.4) is 0 Å². The van der Waals surface area contributed by atoms with Crippen LogP contribution in [0.4, 0.5) is 5.13 Å². The van der Waals surface area contributed by atoms with Gasteiger partial charge in [-0.05, 0) is 14.0 Å². The van der Waals surface area contributed by atoms with Gasteiger partial charge < -0.3 is 14.4 Å². The van der Waals surface area contributed by atoms with Crippen molar-refractivity contribution < 1.29 is 14.3 Å². The van der Waals surface area contributed by atoms with E-state index in [1.165, 1.54) is 18.4 Å². The Morgan fingerprint density at radius 3 is 3.15 bits per heavy atom. The van der Waals surface area contributed by atoms with Gasteiger partial charge in [0.05, 0.1) is 19.3 Å². The molecule has 1 aliphatic rings. The number of hydrogen-bond donors (Lipinski definition) is 0. The lowest BCUT2D eigenvalue weighted by atomic mass is 10.2. The molecule has 1 fully saturated rings. The van der Waals surface area contributed by atoms with Gasteiger partial charge in [-0.2, -0.15) is 0 Å². The minimum absolute atomic E-state index is 0.00524. The minimum atomic E-state index is -0.486. The molecule has 6 nitrogen and oxygen atoms in total. The van der Waals surface area contributed by atoms with Gasteiger partial charge in [0.2, 0.25) is 0 Å². The van der Waals surface area contributed by atoms with Crippen LogP contribution in [0, 0.1) is 0 Å². The van der Waals surface area contributed by atoms with Crippen molar-refractivity contribution in [1.29, 1.82) is 0 Å². The van der Waals surface area contributed by atoms with Crippen molar-refractivity contribution in [3.8, 4) is 0 Å². The van der Waals surface area contributed by atoms with Gasteiger partial charge in [-0.25, -0.2) is 4.98 Å². The van der Waals surface area contributed by atoms with Gasteiger partial charge in [0.1, 0.15) is 6.10 Å². The minimum Gasteiger partial charge on any atom is -0.374 e. The second kappa shape index (κ2) is 7.12. The van der Waals surface area contributed by atoms with Crippen molar-refractivity contribution in [1.82, 2.24) is 9.88 Å². The Hall–Kier alpha value is -1.02. The lowest BCUT2D eigenvalue weighted by Gasteiger charge is -2.33. The topological polar surface area (TPSA) is 54.9 Å². The van der Waals surface area contributed by atoms with E-state index in [0.29, 0.717) is 18.3 Å². The summed E-state index contributed by atoms with van der Waals surface area (Å²) in [6, 6.07) is 0. The van der Waals surface area contributed by atoms with Crippen LogP contribution in [0.15, 0.2) is 11.6 Å². The molecule has 1 amide bonds. The molecule has 0 aliphatic carbocycles. The maximum atomic E-state index is 12.4. The molecule has 0 saturated carbocycles. The summed E-state index contributed by atoms with van der Waals surface area (Å²) in [5.74, 6) is -0.0840. The molecule has 0 spiro atoms. The Balaban J connectivity index is 2.08. The molecule has 2 rings (SSSR count). The Morgan fingerprint density at radius 2 is 2.55 bits per heavy atom. The molecule has 112 valence electrons. The van der Waals surface area contributed by atoms with E-state index < -0.39 is 6.10 Å². The van der Waals surface area contributed by atoms with E-state index in [9.17, 15) is 4.79 Å². The van der Waals surface area contributed by atoms with E-state index in [2.05, 4.69) is 16.9 Å². The second-order valence-electron chi connectivity index (χ2n) is 4.90. The third-order valence-corrected chi connectivity index (χ3v) is 4.14. The van der Waals surface area contributed by atoms with Crippen molar-refractivity contribution in [2.45, 2.75) is 19.1 Å². The number of hydrogen-bond acceptors (Lipinski definition) is 6. The monoisotopic (exact) mass is 299 g/mol. The van der Waals surface area contributed by atoms with Gasteiger partial charge in [-0.15, -0.1) is 11.3 Å². The summed E-state index contributed by atoms with van der Waals surface area (Å²) in [6.07, 6.45) is 1.22. The van der Waals surface area contributed by atoms with Crippen LogP contribution >= 0.6 is 11.3 Å². The number of rotatable bonds is 5. The zero-order valence-electron chi connectivity index (χ0n) is 12.1. The van der Waals surface area contributed by atoms with E-state index in [4.69, 9.17) is 9.47 Å². The van der Waals surface area contributed by atoms with Gasteiger partial charge >= 0.3 is 0 Å². The number of anilines is 1. The maximum absolute atomic E-state index is 12.4. The first-order chi connectivity index (χ1) is 9.61. The van der Waals surface area contributed by atoms with Crippen molar-refractivity contribution in [2.24, 2.45) is 0 Å². The molecule has 7 heteroatoms. The molecule has 1 aromatic heterocycles. The first-order valence-corrected chi connectivity index (χ1v) is 7.53. The number of nitrogens with zero attached hydrogens (tertiary/aromatic N) is 3. The molecule has 1 aliphatic heterocycles. The molecular formula is C13H21N3O3S. The molecular weight excluding hydrogens is 278 g/mol. The molecule has 0 aromatic carbocycles. The predicted octanol–water partition coefficient (Wildman–Crippen LogP) is 0.842. The Bertz CT molecular complexity index is 427. The SMILES string of the molecule is COC(C)C(=O)N(CC1CN(C)CCO1)c1nccs1. The fraction of sp³-hybridized carbons (Fsp3) is 0.692. The third-order valence-electron chi connectivity index (χ3n) is 3.35. The van der Waals surface area contributed by atoms with Crippen LogP contribution in [0.2, 0.25) is 0 Å². The fourth-order valence-electron chi connectivity index (χ4n) is 2.11. The summed E-state index contributed by atoms with van der Waals surface area (Å²) in [5, 5.41) is 2.55. The number of amides is 1. The zero-order valence-corrected chi connectivity index (χ0v) is 12.9. The molecule has 1 saturated heterocycles. The van der Waals surface area contributed by atoms with Gasteiger partial charge in [0, 0.05) is 31.8 Å². The first kappa shape index (κ1) is 15.4. The first-order valence-electron chi connectivity index (χ1n) is 6.65. The summed E-state index contributed by atoms with van der Waals surface area (Å²) in [7, 11) is 3.59. The van der Waals surface area contributed by atoms with E-state index in [-0.39, 0.29) is 12.0 Å². The largest absolute Gasteiger partial charge is 0.374 e. The molecule has 0 N–H and O–H groups in total. The molecule has 20 heavy (non-hydrogen) atoms. The molecule has 2 atom stereocenters. The second-order valence-corrected chi connectivity index (χ2v) is 5.77. The van der Waals surface area contributed by atoms with Crippen LogP contribution in [-0.4, -0.2) is 68.4 Å². The van der Waals surface area contributed by atoms with Crippen molar-refractivity contribution in [3.05, 3.63) is 11.6 Å². The number of ether oxygens (including phenoxy) is 2. The number of methoxy groups -OCH3 is 1. The fourth-order valence-corrected chi connectivity index (χ4v) is 2.77. The number of morpholine rings is 1. The highest BCUT2D eigenvalue weighted by atomic mass is 32.1. The highest BCUT2D eigenvalue weighted by molar-refractivity contribution is 7.13. The van der Waals surface area contributed by atoms with Crippen molar-refractivity contribution in [3.63, 3.8) is 0 Å². The van der Waals surface area contributed by atoms with Crippen molar-refractivity contribution >= 4 is 22.4 Å². The highest BCUT2D eigenvalue weighted by Gasteiger charge is 2.28. The summed E-state index contributed by atoms with van der Waals surface area (Å²) >= 11 is 1.45. The van der Waals surface area contributed by atoms with Gasteiger partial charge in [0.25, 0.3) is 5.91 Å². The lowest BCUT2D eigenvalue weighted by molar-refractivity contribution is -0.128. The van der Waals surface area contributed by atoms with Gasteiger partial charge in [-0.1, -0.05) is 0 Å². The number of carbonyl (C=O) groups is 1. The zero-order chi connectivity index (χ0) is 14.5. The summed E-state index contributed by atoms with van der Waals surface area (Å²) < 4.78 is 10.9. The van der Waals surface area contributed by atoms with E-state index in [1.807, 2.05) is 5.38 Å². The van der Waals surface area contributed by atoms with E-state index in [1.54, 1.807) is 18.0 Å². The van der Waals surface area contributed by atoms with E-state index >= 15 is 0 Å². The van der Waals surface area contributed by atoms with E-state index in [0.717, 1.165) is 13.1 Å². The molecule has 2 heterocycles. The molecule has 0 bridgehead atoms. The molecule has 0 radical (unpaired) electrons. The highest BCUT2D eigenvalue weighted by Crippen LogP contribution is 2.20. The number of likely N-dealkylation sites (N-methyl/N-ethyl adjacent to an activating group) is 1.